The maximum atomic E-state index is 12.7. The summed E-state index contributed by atoms with van der Waals surface area (Å²) in [7, 11) is 0. The van der Waals surface area contributed by atoms with Crippen LogP contribution in [0, 0.1) is 6.92 Å². The lowest BCUT2D eigenvalue weighted by atomic mass is 9.94. The maximum absolute atomic E-state index is 12.7. The van der Waals surface area contributed by atoms with Crippen LogP contribution in [0.3, 0.4) is 0 Å². The summed E-state index contributed by atoms with van der Waals surface area (Å²) in [6.07, 6.45) is 1.60. The highest BCUT2D eigenvalue weighted by molar-refractivity contribution is 6.00. The van der Waals surface area contributed by atoms with Gasteiger partial charge in [0.1, 0.15) is 0 Å². The number of amides is 1. The van der Waals surface area contributed by atoms with E-state index in [1.807, 2.05) is 32.0 Å². The van der Waals surface area contributed by atoms with Crippen molar-refractivity contribution < 1.29 is 9.90 Å². The number of anilines is 1. The van der Waals surface area contributed by atoms with E-state index in [1.165, 1.54) is 0 Å². The van der Waals surface area contributed by atoms with Crippen molar-refractivity contribution in [2.45, 2.75) is 39.2 Å². The molecule has 1 unspecified atom stereocenters. The Balaban J connectivity index is 2.26. The van der Waals surface area contributed by atoms with Gasteiger partial charge in [0.15, 0.2) is 0 Å². The molecule has 1 fully saturated rings. The minimum Gasteiger partial charge on any atom is -0.388 e. The first kappa shape index (κ1) is 14.9. The molecular weight excluding hydrogens is 252 g/mol. The fraction of sp³-hybridized carbons (Fsp3) is 0.562. The van der Waals surface area contributed by atoms with Gasteiger partial charge < -0.3 is 15.3 Å². The number of nitrogens with one attached hydrogen (secondary N) is 1. The summed E-state index contributed by atoms with van der Waals surface area (Å²) in [5.41, 5.74) is 1.87. The average molecular weight is 276 g/mol. The Bertz CT molecular complexity index is 497. The number of rotatable bonds is 3. The van der Waals surface area contributed by atoms with Gasteiger partial charge in [-0.1, -0.05) is 11.6 Å². The second-order valence-electron chi connectivity index (χ2n) is 5.91. The first-order valence-corrected chi connectivity index (χ1v) is 7.29. The number of carbonyl (C=O) groups is 1. The van der Waals surface area contributed by atoms with Crippen LogP contribution >= 0.6 is 0 Å². The molecule has 1 saturated heterocycles. The molecule has 1 atom stereocenters. The normalized spacial score (nSPS) is 22.7. The molecule has 1 heterocycles. The van der Waals surface area contributed by atoms with E-state index < -0.39 is 5.60 Å². The molecule has 0 bridgehead atoms. The summed E-state index contributed by atoms with van der Waals surface area (Å²) in [5, 5.41) is 13.4. The highest BCUT2D eigenvalue weighted by atomic mass is 16.3. The quantitative estimate of drug-likeness (QED) is 0.891. The van der Waals surface area contributed by atoms with Gasteiger partial charge in [0, 0.05) is 25.3 Å². The third kappa shape index (κ3) is 3.31. The molecule has 20 heavy (non-hydrogen) atoms. The molecule has 0 spiro atoms. The maximum Gasteiger partial charge on any atom is 0.256 e. The number of benzene rings is 1. The molecule has 1 aromatic rings. The summed E-state index contributed by atoms with van der Waals surface area (Å²) in [4.78, 5) is 14.5. The molecule has 1 amide bonds. The standard InChI is InChI=1S/C16H24N2O2/c1-4-17-14-7-6-12(2)10-13(14)15(19)18-9-5-8-16(3,20)11-18/h6-7,10,17,20H,4-5,8-9,11H2,1-3H3. The minimum atomic E-state index is -0.768. The second kappa shape index (κ2) is 5.83. The topological polar surface area (TPSA) is 52.6 Å². The van der Waals surface area contributed by atoms with Gasteiger partial charge in [0.2, 0.25) is 0 Å². The molecule has 1 aliphatic heterocycles. The van der Waals surface area contributed by atoms with Crippen LogP contribution in [0.2, 0.25) is 0 Å². The number of piperidine rings is 1. The highest BCUT2D eigenvalue weighted by Gasteiger charge is 2.32. The van der Waals surface area contributed by atoms with Crippen molar-refractivity contribution in [1.29, 1.82) is 0 Å². The number of aryl methyl sites for hydroxylation is 1. The summed E-state index contributed by atoms with van der Waals surface area (Å²) >= 11 is 0. The van der Waals surface area contributed by atoms with Crippen molar-refractivity contribution in [1.82, 2.24) is 4.90 Å². The van der Waals surface area contributed by atoms with Gasteiger partial charge in [-0.15, -0.1) is 0 Å². The van der Waals surface area contributed by atoms with Crippen LogP contribution in [0.5, 0.6) is 0 Å². The molecule has 0 aromatic heterocycles. The largest absolute Gasteiger partial charge is 0.388 e. The van der Waals surface area contributed by atoms with Crippen LogP contribution in [-0.4, -0.2) is 41.1 Å². The van der Waals surface area contributed by atoms with E-state index in [1.54, 1.807) is 11.8 Å². The van der Waals surface area contributed by atoms with Crippen LogP contribution < -0.4 is 5.32 Å². The first-order chi connectivity index (χ1) is 9.43. The molecule has 0 saturated carbocycles. The third-order valence-electron chi connectivity index (χ3n) is 3.73. The predicted octanol–water partition coefficient (Wildman–Crippen LogP) is 2.41. The van der Waals surface area contributed by atoms with Gasteiger partial charge in [0.25, 0.3) is 5.91 Å². The van der Waals surface area contributed by atoms with E-state index in [0.717, 1.165) is 30.6 Å². The Morgan fingerprint density at radius 2 is 2.25 bits per heavy atom. The van der Waals surface area contributed by atoms with Crippen LogP contribution in [0.1, 0.15) is 42.6 Å². The zero-order chi connectivity index (χ0) is 14.8. The first-order valence-electron chi connectivity index (χ1n) is 7.29. The molecule has 0 aliphatic carbocycles. The molecule has 1 aromatic carbocycles. The average Bonchev–Trinajstić information content (AvgIpc) is 2.39. The number of nitrogens with zero attached hydrogens (tertiary/aromatic N) is 1. The van der Waals surface area contributed by atoms with Gasteiger partial charge >= 0.3 is 0 Å². The van der Waals surface area contributed by atoms with Crippen LogP contribution in [0.4, 0.5) is 5.69 Å². The van der Waals surface area contributed by atoms with Crippen molar-refractivity contribution in [2.75, 3.05) is 25.0 Å². The minimum absolute atomic E-state index is 0.00428. The second-order valence-corrected chi connectivity index (χ2v) is 5.91. The predicted molar refractivity (Wildman–Crippen MR) is 81.1 cm³/mol. The number of carbonyl (C=O) groups excluding carboxylic acids is 1. The Kier molecular flexibility index (Phi) is 4.33. The SMILES string of the molecule is CCNc1ccc(C)cc1C(=O)N1CCCC(C)(O)C1. The van der Waals surface area contributed by atoms with Gasteiger partial charge in [-0.25, -0.2) is 0 Å². The van der Waals surface area contributed by atoms with Gasteiger partial charge in [-0.05, 0) is 45.7 Å². The molecule has 1 aliphatic rings. The van der Waals surface area contributed by atoms with Gasteiger partial charge in [0.05, 0.1) is 11.2 Å². The van der Waals surface area contributed by atoms with Crippen LogP contribution in [0.25, 0.3) is 0 Å². The molecule has 110 valence electrons. The lowest BCUT2D eigenvalue weighted by Crippen LogP contribution is -2.48. The lowest BCUT2D eigenvalue weighted by Gasteiger charge is -2.37. The molecule has 4 nitrogen and oxygen atoms in total. The number of hydrogen-bond donors (Lipinski definition) is 2. The zero-order valence-corrected chi connectivity index (χ0v) is 12.6. The van der Waals surface area contributed by atoms with Crippen molar-refractivity contribution in [3.05, 3.63) is 29.3 Å². The Morgan fingerprint density at radius 3 is 2.90 bits per heavy atom. The van der Waals surface area contributed by atoms with Gasteiger partial charge in [-0.2, -0.15) is 0 Å². The highest BCUT2D eigenvalue weighted by Crippen LogP contribution is 2.25. The lowest BCUT2D eigenvalue weighted by molar-refractivity contribution is -0.0107. The van der Waals surface area contributed by atoms with E-state index in [-0.39, 0.29) is 5.91 Å². The van der Waals surface area contributed by atoms with E-state index in [2.05, 4.69) is 5.32 Å². The monoisotopic (exact) mass is 276 g/mol. The molecule has 2 N–H and O–H groups in total. The third-order valence-corrected chi connectivity index (χ3v) is 3.73. The van der Waals surface area contributed by atoms with E-state index in [9.17, 15) is 9.90 Å². The van der Waals surface area contributed by atoms with Crippen molar-refractivity contribution in [3.8, 4) is 0 Å². The number of aliphatic hydroxyl groups is 1. The van der Waals surface area contributed by atoms with Crippen LogP contribution in [-0.2, 0) is 0 Å². The van der Waals surface area contributed by atoms with E-state index in [4.69, 9.17) is 0 Å². The van der Waals surface area contributed by atoms with Crippen molar-refractivity contribution in [2.24, 2.45) is 0 Å². The smallest absolute Gasteiger partial charge is 0.256 e. The van der Waals surface area contributed by atoms with Crippen LogP contribution in [0.15, 0.2) is 18.2 Å². The van der Waals surface area contributed by atoms with Crippen molar-refractivity contribution >= 4 is 11.6 Å². The van der Waals surface area contributed by atoms with E-state index in [0.29, 0.717) is 18.7 Å². The Morgan fingerprint density at radius 1 is 1.50 bits per heavy atom. The van der Waals surface area contributed by atoms with Crippen molar-refractivity contribution in [3.63, 3.8) is 0 Å². The fourth-order valence-electron chi connectivity index (χ4n) is 2.74. The summed E-state index contributed by atoms with van der Waals surface area (Å²) in [5.74, 6) is 0.00428. The molecule has 0 radical (unpaired) electrons. The number of likely N-dealkylation sites (tertiary alicyclic amines) is 1. The van der Waals surface area contributed by atoms with E-state index >= 15 is 0 Å². The summed E-state index contributed by atoms with van der Waals surface area (Å²) in [6.45, 7) is 7.70. The number of β-amino-alcohol motifs (C(OH)–C–C–N with tert-alkyl or cyclic N) is 1. The molecule has 2 rings (SSSR count). The molecule has 4 heteroatoms. The molecular formula is C16H24N2O2. The van der Waals surface area contributed by atoms with Gasteiger partial charge in [-0.3, -0.25) is 4.79 Å². The Hall–Kier alpha value is -1.55. The summed E-state index contributed by atoms with van der Waals surface area (Å²) < 4.78 is 0. The fourth-order valence-corrected chi connectivity index (χ4v) is 2.74. The number of hydrogen-bond acceptors (Lipinski definition) is 3. The summed E-state index contributed by atoms with van der Waals surface area (Å²) in [6, 6.07) is 5.87. The zero-order valence-electron chi connectivity index (χ0n) is 12.6. The Labute approximate surface area is 120 Å².